The van der Waals surface area contributed by atoms with Crippen molar-refractivity contribution in [3.8, 4) is 0 Å². The first kappa shape index (κ1) is 15.8. The van der Waals surface area contributed by atoms with Crippen LogP contribution in [-0.4, -0.2) is 23.0 Å². The van der Waals surface area contributed by atoms with Gasteiger partial charge in [0.1, 0.15) is 6.04 Å². The van der Waals surface area contributed by atoms with Crippen LogP contribution in [-0.2, 0) is 16.0 Å². The summed E-state index contributed by atoms with van der Waals surface area (Å²) in [5.74, 6) is -3.75. The SMILES string of the molecule is C=CCC[C@@H](NC(=O)Cc1ccc(F)c(F)c1)C(=O)O. The topological polar surface area (TPSA) is 66.4 Å². The predicted molar refractivity (Wildman–Crippen MR) is 69.1 cm³/mol. The molecule has 2 N–H and O–H groups in total. The van der Waals surface area contributed by atoms with Gasteiger partial charge in [0.25, 0.3) is 0 Å². The van der Waals surface area contributed by atoms with Crippen molar-refractivity contribution in [1.29, 1.82) is 0 Å². The Hall–Kier alpha value is -2.24. The predicted octanol–water partition coefficient (Wildman–Crippen LogP) is 2.04. The van der Waals surface area contributed by atoms with Crippen molar-refractivity contribution in [2.45, 2.75) is 25.3 Å². The number of carbonyl (C=O) groups is 2. The van der Waals surface area contributed by atoms with E-state index in [4.69, 9.17) is 5.11 Å². The number of carboxylic acids is 1. The van der Waals surface area contributed by atoms with E-state index in [1.807, 2.05) is 0 Å². The van der Waals surface area contributed by atoms with Crippen molar-refractivity contribution < 1.29 is 23.5 Å². The van der Waals surface area contributed by atoms with E-state index in [1.165, 1.54) is 6.07 Å². The normalized spacial score (nSPS) is 11.7. The average Bonchev–Trinajstić information content (AvgIpc) is 2.38. The number of aliphatic carboxylic acids is 1. The van der Waals surface area contributed by atoms with Crippen LogP contribution in [0.4, 0.5) is 8.78 Å². The Balaban J connectivity index is 2.62. The fraction of sp³-hybridized carbons (Fsp3) is 0.286. The number of amides is 1. The molecule has 0 aliphatic carbocycles. The summed E-state index contributed by atoms with van der Waals surface area (Å²) in [5.41, 5.74) is 0.272. The summed E-state index contributed by atoms with van der Waals surface area (Å²) in [7, 11) is 0. The Morgan fingerprint density at radius 3 is 2.60 bits per heavy atom. The van der Waals surface area contributed by atoms with Gasteiger partial charge in [0.15, 0.2) is 11.6 Å². The quantitative estimate of drug-likeness (QED) is 0.753. The molecule has 1 aromatic carbocycles. The van der Waals surface area contributed by atoms with Gasteiger partial charge in [0, 0.05) is 0 Å². The molecule has 0 radical (unpaired) electrons. The summed E-state index contributed by atoms with van der Waals surface area (Å²) in [6.45, 7) is 3.47. The van der Waals surface area contributed by atoms with Crippen molar-refractivity contribution in [3.05, 3.63) is 48.1 Å². The zero-order chi connectivity index (χ0) is 15.1. The van der Waals surface area contributed by atoms with Crippen LogP contribution in [0, 0.1) is 11.6 Å². The molecular weight excluding hydrogens is 268 g/mol. The van der Waals surface area contributed by atoms with E-state index in [2.05, 4.69) is 11.9 Å². The summed E-state index contributed by atoms with van der Waals surface area (Å²) < 4.78 is 25.7. The Morgan fingerprint density at radius 1 is 1.35 bits per heavy atom. The van der Waals surface area contributed by atoms with Crippen LogP contribution in [0.2, 0.25) is 0 Å². The average molecular weight is 283 g/mol. The van der Waals surface area contributed by atoms with Crippen molar-refractivity contribution in [2.24, 2.45) is 0 Å². The third-order valence-corrected chi connectivity index (χ3v) is 2.64. The van der Waals surface area contributed by atoms with E-state index in [9.17, 15) is 18.4 Å². The van der Waals surface area contributed by atoms with Crippen LogP contribution in [0.5, 0.6) is 0 Å². The number of allylic oxidation sites excluding steroid dienone is 1. The van der Waals surface area contributed by atoms with Crippen molar-refractivity contribution in [2.75, 3.05) is 0 Å². The van der Waals surface area contributed by atoms with E-state index in [-0.39, 0.29) is 18.4 Å². The van der Waals surface area contributed by atoms with Gasteiger partial charge in [-0.2, -0.15) is 0 Å². The number of halogens is 2. The van der Waals surface area contributed by atoms with Gasteiger partial charge >= 0.3 is 5.97 Å². The zero-order valence-corrected chi connectivity index (χ0v) is 10.7. The first-order chi connectivity index (χ1) is 9.43. The standard InChI is InChI=1S/C14H15F2NO3/c1-2-3-4-12(14(19)20)17-13(18)8-9-5-6-10(15)11(16)7-9/h2,5-7,12H,1,3-4,8H2,(H,17,18)(H,19,20)/t12-/m1/s1. The van der Waals surface area contributed by atoms with Crippen LogP contribution in [0.25, 0.3) is 0 Å². The summed E-state index contributed by atoms with van der Waals surface area (Å²) in [6, 6.07) is 2.09. The molecule has 20 heavy (non-hydrogen) atoms. The second kappa shape index (κ2) is 7.37. The summed E-state index contributed by atoms with van der Waals surface area (Å²) >= 11 is 0. The summed E-state index contributed by atoms with van der Waals surface area (Å²) in [6.07, 6.45) is 2.01. The molecule has 0 unspecified atom stereocenters. The van der Waals surface area contributed by atoms with Gasteiger partial charge in [-0.25, -0.2) is 13.6 Å². The third kappa shape index (κ3) is 4.79. The van der Waals surface area contributed by atoms with Crippen LogP contribution >= 0.6 is 0 Å². The maximum Gasteiger partial charge on any atom is 0.326 e. The van der Waals surface area contributed by atoms with Crippen LogP contribution in [0.1, 0.15) is 18.4 Å². The number of rotatable bonds is 7. The number of hydrogen-bond acceptors (Lipinski definition) is 2. The number of benzene rings is 1. The largest absolute Gasteiger partial charge is 0.480 e. The summed E-state index contributed by atoms with van der Waals surface area (Å²) in [5, 5.41) is 11.3. The van der Waals surface area contributed by atoms with Crippen LogP contribution in [0.15, 0.2) is 30.9 Å². The van der Waals surface area contributed by atoms with Gasteiger partial charge in [0.05, 0.1) is 6.42 Å². The van der Waals surface area contributed by atoms with Crippen molar-refractivity contribution in [1.82, 2.24) is 5.32 Å². The monoisotopic (exact) mass is 283 g/mol. The fourth-order valence-electron chi connectivity index (χ4n) is 1.62. The third-order valence-electron chi connectivity index (χ3n) is 2.64. The van der Waals surface area contributed by atoms with E-state index in [0.29, 0.717) is 6.42 Å². The summed E-state index contributed by atoms with van der Waals surface area (Å²) in [4.78, 5) is 22.6. The van der Waals surface area contributed by atoms with Gasteiger partial charge in [-0.15, -0.1) is 6.58 Å². The number of carbonyl (C=O) groups excluding carboxylic acids is 1. The molecule has 1 aromatic rings. The molecule has 1 atom stereocenters. The van der Waals surface area contributed by atoms with Gasteiger partial charge in [-0.1, -0.05) is 12.1 Å². The lowest BCUT2D eigenvalue weighted by molar-refractivity contribution is -0.141. The molecule has 1 amide bonds. The Kier molecular flexibility index (Phi) is 5.83. The highest BCUT2D eigenvalue weighted by molar-refractivity contribution is 5.84. The number of carboxylic acid groups (broad SMARTS) is 1. The fourth-order valence-corrected chi connectivity index (χ4v) is 1.62. The molecule has 1 rings (SSSR count). The molecule has 0 aliphatic rings. The smallest absolute Gasteiger partial charge is 0.326 e. The zero-order valence-electron chi connectivity index (χ0n) is 10.7. The van der Waals surface area contributed by atoms with E-state index in [1.54, 1.807) is 6.08 Å². The van der Waals surface area contributed by atoms with Gasteiger partial charge in [0.2, 0.25) is 5.91 Å². The van der Waals surface area contributed by atoms with Gasteiger partial charge in [-0.05, 0) is 30.5 Å². The maximum atomic E-state index is 13.0. The highest BCUT2D eigenvalue weighted by Crippen LogP contribution is 2.09. The molecule has 0 aromatic heterocycles. The van der Waals surface area contributed by atoms with Gasteiger partial charge in [-0.3, -0.25) is 4.79 Å². The highest BCUT2D eigenvalue weighted by atomic mass is 19.2. The molecular formula is C14H15F2NO3. The first-order valence-corrected chi connectivity index (χ1v) is 6.01. The Labute approximate surface area is 115 Å². The lowest BCUT2D eigenvalue weighted by atomic mass is 10.1. The van der Waals surface area contributed by atoms with Crippen molar-refractivity contribution >= 4 is 11.9 Å². The van der Waals surface area contributed by atoms with Crippen LogP contribution in [0.3, 0.4) is 0 Å². The van der Waals surface area contributed by atoms with Crippen LogP contribution < -0.4 is 5.32 Å². The first-order valence-electron chi connectivity index (χ1n) is 6.01. The number of hydrogen-bond donors (Lipinski definition) is 2. The minimum absolute atomic E-state index is 0.213. The van der Waals surface area contributed by atoms with Crippen molar-refractivity contribution in [3.63, 3.8) is 0 Å². The second-order valence-electron chi connectivity index (χ2n) is 4.25. The molecule has 0 fully saturated rings. The van der Waals surface area contributed by atoms with E-state index in [0.717, 1.165) is 12.1 Å². The molecule has 0 bridgehead atoms. The Morgan fingerprint density at radius 2 is 2.05 bits per heavy atom. The second-order valence-corrected chi connectivity index (χ2v) is 4.25. The lowest BCUT2D eigenvalue weighted by Crippen LogP contribution is -2.41. The van der Waals surface area contributed by atoms with Gasteiger partial charge < -0.3 is 10.4 Å². The molecule has 0 saturated heterocycles. The minimum atomic E-state index is -1.15. The Bertz CT molecular complexity index is 517. The van der Waals surface area contributed by atoms with E-state index >= 15 is 0 Å². The molecule has 0 aliphatic heterocycles. The molecule has 6 heteroatoms. The molecule has 4 nitrogen and oxygen atoms in total. The highest BCUT2D eigenvalue weighted by Gasteiger charge is 2.19. The molecule has 0 saturated carbocycles. The molecule has 108 valence electrons. The molecule has 0 heterocycles. The number of nitrogens with one attached hydrogen (secondary N) is 1. The minimum Gasteiger partial charge on any atom is -0.480 e. The maximum absolute atomic E-state index is 13.0. The van der Waals surface area contributed by atoms with E-state index < -0.39 is 29.6 Å². The lowest BCUT2D eigenvalue weighted by Gasteiger charge is -2.13. The molecule has 0 spiro atoms.